The number of benzene rings is 1. The first-order chi connectivity index (χ1) is 11.9. The first-order valence-electron chi connectivity index (χ1n) is 8.45. The molecule has 1 saturated heterocycles. The molecule has 24 heavy (non-hydrogen) atoms. The summed E-state index contributed by atoms with van der Waals surface area (Å²) in [7, 11) is 0. The first-order valence-corrected chi connectivity index (χ1v) is 9.50. The molecule has 0 spiro atoms. The predicted octanol–water partition coefficient (Wildman–Crippen LogP) is 2.22. The summed E-state index contributed by atoms with van der Waals surface area (Å²) in [6.07, 6.45) is 4.35. The van der Waals surface area contributed by atoms with Crippen LogP contribution in [0.3, 0.4) is 0 Å². The second-order valence-corrected chi connectivity index (χ2v) is 7.07. The zero-order valence-electron chi connectivity index (χ0n) is 14.0. The predicted molar refractivity (Wildman–Crippen MR) is 99.7 cm³/mol. The van der Waals surface area contributed by atoms with Crippen LogP contribution in [-0.4, -0.2) is 44.8 Å². The smallest absolute Gasteiger partial charge is 0.191 e. The standard InChI is InChI=1S/C17H24N6S/c1-2-18-17(19-11-15-9-6-10-24-15)20-12-16-22-21-13-23(16)14-7-4-3-5-8-14/h3-5,7-8,13,15H,2,6,9-12H2,1H3,(H2,18,19,20). The highest BCUT2D eigenvalue weighted by atomic mass is 32.2. The third kappa shape index (κ3) is 4.50. The Morgan fingerprint density at radius 2 is 2.21 bits per heavy atom. The molecule has 1 unspecified atom stereocenters. The number of nitrogens with one attached hydrogen (secondary N) is 2. The number of rotatable bonds is 6. The van der Waals surface area contributed by atoms with Crippen LogP contribution in [0.5, 0.6) is 0 Å². The van der Waals surface area contributed by atoms with E-state index in [1.54, 1.807) is 6.33 Å². The fraction of sp³-hybridized carbons (Fsp3) is 0.471. The number of aromatic nitrogens is 3. The number of guanidine groups is 1. The molecule has 1 aliphatic rings. The van der Waals surface area contributed by atoms with Crippen LogP contribution in [0.25, 0.3) is 5.69 Å². The molecular formula is C17H24N6S. The average Bonchev–Trinajstić information content (AvgIpc) is 3.29. The van der Waals surface area contributed by atoms with Gasteiger partial charge in [0.2, 0.25) is 0 Å². The summed E-state index contributed by atoms with van der Waals surface area (Å²) >= 11 is 2.05. The van der Waals surface area contributed by atoms with E-state index in [0.717, 1.165) is 30.6 Å². The van der Waals surface area contributed by atoms with Crippen molar-refractivity contribution in [3.63, 3.8) is 0 Å². The van der Waals surface area contributed by atoms with Crippen molar-refractivity contribution in [2.45, 2.75) is 31.6 Å². The van der Waals surface area contributed by atoms with E-state index in [0.29, 0.717) is 11.8 Å². The molecule has 1 fully saturated rings. The van der Waals surface area contributed by atoms with Crippen molar-refractivity contribution in [1.29, 1.82) is 0 Å². The van der Waals surface area contributed by atoms with Gasteiger partial charge in [0, 0.05) is 24.0 Å². The summed E-state index contributed by atoms with van der Waals surface area (Å²) in [4.78, 5) is 4.66. The van der Waals surface area contributed by atoms with Gasteiger partial charge in [-0.15, -0.1) is 10.2 Å². The van der Waals surface area contributed by atoms with Gasteiger partial charge in [0.15, 0.2) is 11.8 Å². The summed E-state index contributed by atoms with van der Waals surface area (Å²) in [5.74, 6) is 2.95. The third-order valence-electron chi connectivity index (χ3n) is 3.90. The quantitative estimate of drug-likeness (QED) is 0.621. The van der Waals surface area contributed by atoms with Gasteiger partial charge in [0.25, 0.3) is 0 Å². The molecule has 6 nitrogen and oxygen atoms in total. The van der Waals surface area contributed by atoms with Crippen LogP contribution in [0.15, 0.2) is 41.7 Å². The second kappa shape index (κ2) is 8.73. The Bertz CT molecular complexity index is 648. The van der Waals surface area contributed by atoms with E-state index in [4.69, 9.17) is 0 Å². The van der Waals surface area contributed by atoms with Gasteiger partial charge < -0.3 is 10.6 Å². The Kier molecular flexibility index (Phi) is 6.12. The SMILES string of the molecule is CCNC(=NCc1nncn1-c1ccccc1)NCC1CCCS1. The van der Waals surface area contributed by atoms with Crippen LogP contribution in [0.1, 0.15) is 25.6 Å². The zero-order valence-corrected chi connectivity index (χ0v) is 14.8. The fourth-order valence-corrected chi connectivity index (χ4v) is 3.88. The minimum atomic E-state index is 0.488. The van der Waals surface area contributed by atoms with Crippen LogP contribution in [0.2, 0.25) is 0 Å². The number of para-hydroxylation sites is 1. The lowest BCUT2D eigenvalue weighted by Gasteiger charge is -2.14. The van der Waals surface area contributed by atoms with E-state index in [9.17, 15) is 0 Å². The lowest BCUT2D eigenvalue weighted by molar-refractivity contribution is 0.724. The maximum absolute atomic E-state index is 4.66. The molecule has 0 saturated carbocycles. The van der Waals surface area contributed by atoms with Crippen molar-refractivity contribution < 1.29 is 0 Å². The minimum Gasteiger partial charge on any atom is -0.357 e. The van der Waals surface area contributed by atoms with E-state index < -0.39 is 0 Å². The van der Waals surface area contributed by atoms with E-state index >= 15 is 0 Å². The highest BCUT2D eigenvalue weighted by Gasteiger charge is 2.15. The van der Waals surface area contributed by atoms with Crippen LogP contribution >= 0.6 is 11.8 Å². The summed E-state index contributed by atoms with van der Waals surface area (Å²) in [5, 5.41) is 15.7. The molecule has 3 rings (SSSR count). The number of aliphatic imine (C=N–C) groups is 1. The van der Waals surface area contributed by atoms with Crippen LogP contribution < -0.4 is 10.6 Å². The lowest BCUT2D eigenvalue weighted by Crippen LogP contribution is -2.40. The monoisotopic (exact) mass is 344 g/mol. The summed E-state index contributed by atoms with van der Waals surface area (Å²) in [6, 6.07) is 10.1. The van der Waals surface area contributed by atoms with Gasteiger partial charge in [-0.2, -0.15) is 11.8 Å². The van der Waals surface area contributed by atoms with Crippen LogP contribution in [0, 0.1) is 0 Å². The Morgan fingerprint density at radius 1 is 1.33 bits per heavy atom. The fourth-order valence-electron chi connectivity index (χ4n) is 2.68. The summed E-state index contributed by atoms with van der Waals surface area (Å²) < 4.78 is 1.97. The van der Waals surface area contributed by atoms with E-state index in [2.05, 4.69) is 32.7 Å². The highest BCUT2D eigenvalue weighted by Crippen LogP contribution is 2.25. The normalized spacial score (nSPS) is 17.9. The van der Waals surface area contributed by atoms with Gasteiger partial charge in [0.1, 0.15) is 12.9 Å². The van der Waals surface area contributed by atoms with Crippen LogP contribution in [0.4, 0.5) is 0 Å². The molecule has 0 amide bonds. The second-order valence-electron chi connectivity index (χ2n) is 5.66. The molecule has 7 heteroatoms. The molecule has 1 atom stereocenters. The summed E-state index contributed by atoms with van der Waals surface area (Å²) in [6.45, 7) is 4.37. The van der Waals surface area contributed by atoms with Crippen molar-refractivity contribution >= 4 is 17.7 Å². The zero-order chi connectivity index (χ0) is 16.6. The molecule has 2 N–H and O–H groups in total. The van der Waals surface area contributed by atoms with Gasteiger partial charge >= 0.3 is 0 Å². The molecule has 1 aliphatic heterocycles. The van der Waals surface area contributed by atoms with Crippen molar-refractivity contribution in [3.05, 3.63) is 42.5 Å². The number of thioether (sulfide) groups is 1. The lowest BCUT2D eigenvalue weighted by atomic mass is 10.2. The minimum absolute atomic E-state index is 0.488. The van der Waals surface area contributed by atoms with Gasteiger partial charge in [-0.05, 0) is 37.7 Å². The van der Waals surface area contributed by atoms with Gasteiger partial charge in [-0.1, -0.05) is 18.2 Å². The maximum atomic E-state index is 4.66. The number of nitrogens with zero attached hydrogens (tertiary/aromatic N) is 4. The molecule has 2 heterocycles. The molecule has 1 aromatic heterocycles. The van der Waals surface area contributed by atoms with Crippen molar-refractivity contribution in [2.75, 3.05) is 18.8 Å². The number of hydrogen-bond acceptors (Lipinski definition) is 4. The Labute approximate surface area is 147 Å². The van der Waals surface area contributed by atoms with Crippen molar-refractivity contribution in [1.82, 2.24) is 25.4 Å². The highest BCUT2D eigenvalue weighted by molar-refractivity contribution is 8.00. The Morgan fingerprint density at radius 3 is 2.96 bits per heavy atom. The molecule has 0 aliphatic carbocycles. The Balaban J connectivity index is 1.64. The maximum Gasteiger partial charge on any atom is 0.191 e. The van der Waals surface area contributed by atoms with Gasteiger partial charge in [-0.3, -0.25) is 4.57 Å². The largest absolute Gasteiger partial charge is 0.357 e. The molecule has 1 aromatic carbocycles. The first kappa shape index (κ1) is 16.8. The number of hydrogen-bond donors (Lipinski definition) is 2. The average molecular weight is 344 g/mol. The van der Waals surface area contributed by atoms with E-state index in [1.165, 1.54) is 18.6 Å². The van der Waals surface area contributed by atoms with Crippen LogP contribution in [-0.2, 0) is 6.54 Å². The Hall–Kier alpha value is -2.02. The van der Waals surface area contributed by atoms with Crippen molar-refractivity contribution in [2.24, 2.45) is 4.99 Å². The van der Waals surface area contributed by atoms with Gasteiger partial charge in [0.05, 0.1) is 0 Å². The molecule has 0 radical (unpaired) electrons. The molecule has 128 valence electrons. The molecular weight excluding hydrogens is 320 g/mol. The topological polar surface area (TPSA) is 67.1 Å². The van der Waals surface area contributed by atoms with Crippen molar-refractivity contribution in [3.8, 4) is 5.69 Å². The van der Waals surface area contributed by atoms with E-state index in [1.807, 2.05) is 46.7 Å². The summed E-state index contributed by atoms with van der Waals surface area (Å²) in [5.41, 5.74) is 1.05. The van der Waals surface area contributed by atoms with E-state index in [-0.39, 0.29) is 0 Å². The third-order valence-corrected chi connectivity index (χ3v) is 5.29. The molecule has 2 aromatic rings. The van der Waals surface area contributed by atoms with Gasteiger partial charge in [-0.25, -0.2) is 4.99 Å². The molecule has 0 bridgehead atoms.